The molecule has 0 atom stereocenters. The van der Waals surface area contributed by atoms with E-state index in [9.17, 15) is 9.18 Å². The Bertz CT molecular complexity index is 1470. The number of rotatable bonds is 7. The van der Waals surface area contributed by atoms with Crippen LogP contribution in [0.4, 0.5) is 4.39 Å². The molecule has 0 amide bonds. The lowest BCUT2D eigenvalue weighted by molar-refractivity contribution is 0.373. The Morgan fingerprint density at radius 3 is 2.64 bits per heavy atom. The fraction of sp³-hybridized carbons (Fsp3) is 0.200. The normalized spacial score (nSPS) is 11.3. The van der Waals surface area contributed by atoms with Crippen LogP contribution in [0, 0.1) is 5.82 Å². The molecule has 0 bridgehead atoms. The van der Waals surface area contributed by atoms with Gasteiger partial charge in [0.15, 0.2) is 0 Å². The first kappa shape index (κ1) is 20.8. The number of benzene rings is 2. The van der Waals surface area contributed by atoms with Crippen molar-refractivity contribution >= 4 is 11.0 Å². The number of halogens is 1. The molecule has 0 fully saturated rings. The third kappa shape index (κ3) is 4.07. The van der Waals surface area contributed by atoms with Gasteiger partial charge in [-0.2, -0.15) is 4.98 Å². The van der Waals surface area contributed by atoms with Gasteiger partial charge in [0, 0.05) is 23.9 Å². The molecule has 5 aromatic rings. The molecule has 5 rings (SSSR count). The number of hydrogen-bond acceptors (Lipinski definition) is 5. The predicted octanol–water partition coefficient (Wildman–Crippen LogP) is 4.90. The van der Waals surface area contributed by atoms with Crippen molar-refractivity contribution in [2.75, 3.05) is 0 Å². The summed E-state index contributed by atoms with van der Waals surface area (Å²) in [5.41, 5.74) is 3.35. The highest BCUT2D eigenvalue weighted by molar-refractivity contribution is 5.92. The van der Waals surface area contributed by atoms with Crippen molar-refractivity contribution in [2.24, 2.45) is 0 Å². The lowest BCUT2D eigenvalue weighted by Crippen LogP contribution is -2.22. The number of aromatic nitrogens is 5. The summed E-state index contributed by atoms with van der Waals surface area (Å²) in [6, 6.07) is 15.8. The van der Waals surface area contributed by atoms with E-state index in [2.05, 4.69) is 22.0 Å². The quantitative estimate of drug-likeness (QED) is 0.357. The molecule has 0 spiro atoms. The zero-order valence-electron chi connectivity index (χ0n) is 18.1. The van der Waals surface area contributed by atoms with Crippen molar-refractivity contribution in [2.45, 2.75) is 32.9 Å². The SMILES string of the molecule is CCCCn1cnc2c(-c3ccccc3)cn(Cc3nc(-c4cccc(F)c4)no3)c2c1=O. The first-order valence-electron chi connectivity index (χ1n) is 10.9. The Labute approximate surface area is 189 Å². The first-order valence-corrected chi connectivity index (χ1v) is 10.9. The molecule has 3 aromatic heterocycles. The van der Waals surface area contributed by atoms with Crippen LogP contribution in [0.15, 0.2) is 76.4 Å². The van der Waals surface area contributed by atoms with Crippen molar-refractivity contribution in [3.8, 4) is 22.5 Å². The third-order valence-corrected chi connectivity index (χ3v) is 5.54. The number of unbranched alkanes of at least 4 members (excludes halogenated alkanes) is 1. The molecule has 8 heteroatoms. The van der Waals surface area contributed by atoms with Crippen LogP contribution >= 0.6 is 0 Å². The topological polar surface area (TPSA) is 78.7 Å². The minimum absolute atomic E-state index is 0.111. The van der Waals surface area contributed by atoms with E-state index in [1.807, 2.05) is 36.5 Å². The molecule has 7 nitrogen and oxygen atoms in total. The maximum atomic E-state index is 13.6. The standard InChI is InChI=1S/C25H22FN5O2/c1-2-3-12-30-16-27-22-20(17-8-5-4-6-9-17)14-31(23(22)25(30)32)15-21-28-24(29-33-21)18-10-7-11-19(26)13-18/h4-11,13-14,16H,2-3,12,15H2,1H3. The molecule has 2 aromatic carbocycles. The van der Waals surface area contributed by atoms with Crippen molar-refractivity contribution in [1.29, 1.82) is 0 Å². The summed E-state index contributed by atoms with van der Waals surface area (Å²) in [5, 5.41) is 3.98. The molecule has 0 saturated carbocycles. The maximum absolute atomic E-state index is 13.6. The second-order valence-electron chi connectivity index (χ2n) is 7.85. The number of fused-ring (bicyclic) bond motifs is 1. The molecular formula is C25H22FN5O2. The van der Waals surface area contributed by atoms with Gasteiger partial charge in [0.1, 0.15) is 23.4 Å². The van der Waals surface area contributed by atoms with Gasteiger partial charge in [-0.3, -0.25) is 9.36 Å². The van der Waals surface area contributed by atoms with Crippen LogP contribution in [0.2, 0.25) is 0 Å². The molecule has 0 unspecified atom stereocenters. The Morgan fingerprint density at radius 1 is 1.03 bits per heavy atom. The number of hydrogen-bond donors (Lipinski definition) is 0. The second-order valence-corrected chi connectivity index (χ2v) is 7.85. The zero-order valence-corrected chi connectivity index (χ0v) is 18.1. The van der Waals surface area contributed by atoms with Crippen molar-refractivity contribution < 1.29 is 8.91 Å². The lowest BCUT2D eigenvalue weighted by Gasteiger charge is -2.06. The van der Waals surface area contributed by atoms with Crippen LogP contribution in [-0.2, 0) is 13.1 Å². The van der Waals surface area contributed by atoms with Gasteiger partial charge in [-0.05, 0) is 24.1 Å². The van der Waals surface area contributed by atoms with Crippen LogP contribution in [0.1, 0.15) is 25.7 Å². The number of aryl methyl sites for hydroxylation is 1. The van der Waals surface area contributed by atoms with Crippen LogP contribution < -0.4 is 5.56 Å². The van der Waals surface area contributed by atoms with Crippen LogP contribution in [0.25, 0.3) is 33.5 Å². The predicted molar refractivity (Wildman–Crippen MR) is 123 cm³/mol. The highest BCUT2D eigenvalue weighted by Crippen LogP contribution is 2.28. The van der Waals surface area contributed by atoms with Gasteiger partial charge in [0.25, 0.3) is 5.56 Å². The molecule has 0 aliphatic heterocycles. The highest BCUT2D eigenvalue weighted by Gasteiger charge is 2.18. The molecule has 0 aliphatic rings. The Hall–Kier alpha value is -4.07. The fourth-order valence-electron chi connectivity index (χ4n) is 3.87. The minimum Gasteiger partial charge on any atom is -0.337 e. The summed E-state index contributed by atoms with van der Waals surface area (Å²) in [6.45, 7) is 2.88. The number of nitrogens with zero attached hydrogens (tertiary/aromatic N) is 5. The average Bonchev–Trinajstić information content (AvgIpc) is 3.45. The highest BCUT2D eigenvalue weighted by atomic mass is 19.1. The van der Waals surface area contributed by atoms with Gasteiger partial charge >= 0.3 is 0 Å². The van der Waals surface area contributed by atoms with Gasteiger partial charge in [-0.1, -0.05) is 61.0 Å². The smallest absolute Gasteiger partial charge is 0.277 e. The van der Waals surface area contributed by atoms with Crippen LogP contribution in [0.3, 0.4) is 0 Å². The van der Waals surface area contributed by atoms with E-state index in [1.54, 1.807) is 27.6 Å². The van der Waals surface area contributed by atoms with E-state index in [-0.39, 0.29) is 17.9 Å². The largest absolute Gasteiger partial charge is 0.337 e. The molecular weight excluding hydrogens is 421 g/mol. The van der Waals surface area contributed by atoms with Crippen molar-refractivity contribution in [3.05, 3.63) is 89.2 Å². The third-order valence-electron chi connectivity index (χ3n) is 5.54. The zero-order chi connectivity index (χ0) is 22.8. The Morgan fingerprint density at radius 2 is 1.85 bits per heavy atom. The van der Waals surface area contributed by atoms with E-state index < -0.39 is 0 Å². The Balaban J connectivity index is 1.59. The summed E-state index contributed by atoms with van der Waals surface area (Å²) in [7, 11) is 0. The second kappa shape index (κ2) is 8.82. The van der Waals surface area contributed by atoms with E-state index >= 15 is 0 Å². The fourth-order valence-corrected chi connectivity index (χ4v) is 3.87. The molecule has 33 heavy (non-hydrogen) atoms. The van der Waals surface area contributed by atoms with E-state index in [1.165, 1.54) is 12.1 Å². The minimum atomic E-state index is -0.374. The monoisotopic (exact) mass is 443 g/mol. The average molecular weight is 443 g/mol. The lowest BCUT2D eigenvalue weighted by atomic mass is 10.1. The Kier molecular flexibility index (Phi) is 5.56. The molecule has 0 saturated heterocycles. The van der Waals surface area contributed by atoms with E-state index in [4.69, 9.17) is 4.52 Å². The summed E-state index contributed by atoms with van der Waals surface area (Å²) in [5.74, 6) is 0.235. The molecule has 0 radical (unpaired) electrons. The molecule has 0 aliphatic carbocycles. The summed E-state index contributed by atoms with van der Waals surface area (Å²) in [4.78, 5) is 22.4. The van der Waals surface area contributed by atoms with Crippen LogP contribution in [-0.4, -0.2) is 24.3 Å². The van der Waals surface area contributed by atoms with Gasteiger partial charge in [0.05, 0.1) is 6.33 Å². The maximum Gasteiger partial charge on any atom is 0.277 e. The van der Waals surface area contributed by atoms with Crippen molar-refractivity contribution in [1.82, 2.24) is 24.3 Å². The molecule has 0 N–H and O–H groups in total. The molecule has 3 heterocycles. The van der Waals surface area contributed by atoms with Gasteiger partial charge in [-0.25, -0.2) is 9.37 Å². The van der Waals surface area contributed by atoms with E-state index in [0.717, 1.165) is 24.0 Å². The van der Waals surface area contributed by atoms with Gasteiger partial charge < -0.3 is 9.09 Å². The van der Waals surface area contributed by atoms with Crippen LogP contribution in [0.5, 0.6) is 0 Å². The summed E-state index contributed by atoms with van der Waals surface area (Å²) in [6.07, 6.45) is 5.38. The van der Waals surface area contributed by atoms with Crippen molar-refractivity contribution in [3.63, 3.8) is 0 Å². The summed E-state index contributed by atoms with van der Waals surface area (Å²) >= 11 is 0. The van der Waals surface area contributed by atoms with Gasteiger partial charge in [-0.15, -0.1) is 0 Å². The van der Waals surface area contributed by atoms with E-state index in [0.29, 0.717) is 34.9 Å². The first-order chi connectivity index (χ1) is 16.1. The van der Waals surface area contributed by atoms with Gasteiger partial charge in [0.2, 0.25) is 11.7 Å². The summed E-state index contributed by atoms with van der Waals surface area (Å²) < 4.78 is 22.5. The molecule has 166 valence electrons.